The molecule has 1 heterocycles. The first kappa shape index (κ1) is 12.1. The highest BCUT2D eigenvalue weighted by Gasteiger charge is 2.38. The largest absolute Gasteiger partial charge is 0.342 e. The number of carbonyl (C=O) groups is 2. The predicted molar refractivity (Wildman–Crippen MR) is 65.3 cm³/mol. The molecule has 1 N–H and O–H groups in total. The number of carbonyl (C=O) groups excluding carboxylic acids is 2. The fraction of sp³-hybridized carbons (Fsp3) is 0.692. The normalized spacial score (nSPS) is 27.4. The lowest BCUT2D eigenvalue weighted by molar-refractivity contribution is -0.147. The Balaban J connectivity index is 2.11. The number of nitrogens with one attached hydrogen (secondary N) is 1. The minimum atomic E-state index is -0.332. The molecule has 4 heteroatoms. The highest BCUT2D eigenvalue weighted by molar-refractivity contribution is 5.95. The Morgan fingerprint density at radius 1 is 1.41 bits per heavy atom. The summed E-state index contributed by atoms with van der Waals surface area (Å²) in [6, 6.07) is -0.137. The summed E-state index contributed by atoms with van der Waals surface area (Å²) in [7, 11) is 0. The van der Waals surface area contributed by atoms with Gasteiger partial charge in [0.2, 0.25) is 11.8 Å². The van der Waals surface area contributed by atoms with Crippen molar-refractivity contribution in [2.24, 2.45) is 5.92 Å². The Hall–Kier alpha value is -1.32. The van der Waals surface area contributed by atoms with Crippen LogP contribution in [0.25, 0.3) is 0 Å². The number of hydrogen-bond donors (Lipinski definition) is 1. The van der Waals surface area contributed by atoms with Crippen LogP contribution in [0.15, 0.2) is 12.2 Å². The van der Waals surface area contributed by atoms with Crippen LogP contribution in [0, 0.1) is 5.92 Å². The average Bonchev–Trinajstić information content (AvgIpc) is 2.84. The van der Waals surface area contributed by atoms with Crippen molar-refractivity contribution in [2.75, 3.05) is 6.54 Å². The lowest BCUT2D eigenvalue weighted by Crippen LogP contribution is -2.62. The van der Waals surface area contributed by atoms with Gasteiger partial charge in [-0.05, 0) is 18.8 Å². The molecule has 17 heavy (non-hydrogen) atoms. The maximum Gasteiger partial charge on any atom is 0.246 e. The van der Waals surface area contributed by atoms with Crippen LogP contribution in [-0.2, 0) is 9.59 Å². The number of nitrogens with zero attached hydrogens (tertiary/aromatic N) is 1. The molecule has 1 saturated heterocycles. The Kier molecular flexibility index (Phi) is 3.50. The van der Waals surface area contributed by atoms with Crippen molar-refractivity contribution < 1.29 is 9.59 Å². The maximum absolute atomic E-state index is 12.3. The van der Waals surface area contributed by atoms with Crippen molar-refractivity contribution in [1.29, 1.82) is 0 Å². The summed E-state index contributed by atoms with van der Waals surface area (Å²) in [5.74, 6) is 0.262. The Morgan fingerprint density at radius 3 is 2.65 bits per heavy atom. The summed E-state index contributed by atoms with van der Waals surface area (Å²) >= 11 is 0. The average molecular weight is 236 g/mol. The first-order valence-electron chi connectivity index (χ1n) is 6.38. The zero-order valence-electron chi connectivity index (χ0n) is 10.5. The van der Waals surface area contributed by atoms with Crippen molar-refractivity contribution >= 4 is 11.8 Å². The van der Waals surface area contributed by atoms with Crippen molar-refractivity contribution in [2.45, 2.75) is 45.2 Å². The van der Waals surface area contributed by atoms with Crippen LogP contribution in [0.5, 0.6) is 0 Å². The van der Waals surface area contributed by atoms with E-state index in [4.69, 9.17) is 0 Å². The van der Waals surface area contributed by atoms with Gasteiger partial charge in [-0.2, -0.15) is 0 Å². The summed E-state index contributed by atoms with van der Waals surface area (Å²) < 4.78 is 0. The van der Waals surface area contributed by atoms with Crippen LogP contribution in [0.1, 0.15) is 33.1 Å². The van der Waals surface area contributed by atoms with Gasteiger partial charge in [0.05, 0.1) is 6.54 Å². The van der Waals surface area contributed by atoms with Gasteiger partial charge in [0.15, 0.2) is 0 Å². The van der Waals surface area contributed by atoms with E-state index < -0.39 is 0 Å². The number of piperazine rings is 1. The van der Waals surface area contributed by atoms with E-state index in [1.54, 1.807) is 4.90 Å². The molecule has 2 rings (SSSR count). The Morgan fingerprint density at radius 2 is 2.06 bits per heavy atom. The van der Waals surface area contributed by atoms with Crippen molar-refractivity contribution in [3.8, 4) is 0 Å². The molecule has 0 radical (unpaired) electrons. The van der Waals surface area contributed by atoms with E-state index in [0.717, 1.165) is 19.3 Å². The van der Waals surface area contributed by atoms with Crippen LogP contribution in [0.3, 0.4) is 0 Å². The second-order valence-corrected chi connectivity index (χ2v) is 4.99. The number of rotatable bonds is 3. The zero-order valence-corrected chi connectivity index (χ0v) is 10.5. The van der Waals surface area contributed by atoms with Crippen molar-refractivity contribution in [3.05, 3.63) is 12.2 Å². The van der Waals surface area contributed by atoms with Crippen LogP contribution >= 0.6 is 0 Å². The molecule has 0 aromatic heterocycles. The highest BCUT2D eigenvalue weighted by Crippen LogP contribution is 2.22. The van der Waals surface area contributed by atoms with Gasteiger partial charge in [0, 0.05) is 6.04 Å². The molecular weight excluding hydrogens is 216 g/mol. The van der Waals surface area contributed by atoms with E-state index in [2.05, 4.69) is 17.5 Å². The van der Waals surface area contributed by atoms with Gasteiger partial charge in [0.25, 0.3) is 0 Å². The molecule has 4 nitrogen and oxygen atoms in total. The summed E-state index contributed by atoms with van der Waals surface area (Å²) in [4.78, 5) is 25.8. The third-order valence-corrected chi connectivity index (χ3v) is 3.82. The van der Waals surface area contributed by atoms with Gasteiger partial charge in [-0.25, -0.2) is 0 Å². The van der Waals surface area contributed by atoms with Gasteiger partial charge in [-0.3, -0.25) is 9.59 Å². The third-order valence-electron chi connectivity index (χ3n) is 3.82. The summed E-state index contributed by atoms with van der Waals surface area (Å²) in [6.07, 6.45) is 6.83. The first-order valence-corrected chi connectivity index (χ1v) is 6.38. The van der Waals surface area contributed by atoms with Gasteiger partial charge in [-0.1, -0.05) is 32.4 Å². The number of hydrogen-bond acceptors (Lipinski definition) is 2. The molecular formula is C13H20N2O2. The molecule has 2 unspecified atom stereocenters. The minimum absolute atomic E-state index is 0.0261. The summed E-state index contributed by atoms with van der Waals surface area (Å²) in [5.41, 5.74) is 0. The van der Waals surface area contributed by atoms with E-state index >= 15 is 0 Å². The second-order valence-electron chi connectivity index (χ2n) is 4.99. The van der Waals surface area contributed by atoms with Crippen LogP contribution < -0.4 is 5.32 Å². The SMILES string of the molecule is CCC(C)C1NC(=O)CN(C2CC=CC2)C1=O. The topological polar surface area (TPSA) is 49.4 Å². The fourth-order valence-corrected chi connectivity index (χ4v) is 2.48. The van der Waals surface area contributed by atoms with Crippen LogP contribution in [0.2, 0.25) is 0 Å². The van der Waals surface area contributed by atoms with Crippen molar-refractivity contribution in [1.82, 2.24) is 10.2 Å². The van der Waals surface area contributed by atoms with Gasteiger partial charge in [0.1, 0.15) is 6.04 Å². The molecule has 1 fully saturated rings. The van der Waals surface area contributed by atoms with Crippen LogP contribution in [0.4, 0.5) is 0 Å². The Labute approximate surface area is 102 Å². The second kappa shape index (κ2) is 4.90. The van der Waals surface area contributed by atoms with Gasteiger partial charge in [-0.15, -0.1) is 0 Å². The fourth-order valence-electron chi connectivity index (χ4n) is 2.48. The molecule has 94 valence electrons. The first-order chi connectivity index (χ1) is 8.13. The Bertz CT molecular complexity index is 343. The zero-order chi connectivity index (χ0) is 12.4. The van der Waals surface area contributed by atoms with Crippen molar-refractivity contribution in [3.63, 3.8) is 0 Å². The highest BCUT2D eigenvalue weighted by atomic mass is 16.2. The van der Waals surface area contributed by atoms with E-state index in [0.29, 0.717) is 0 Å². The molecule has 1 aliphatic heterocycles. The standard InChI is InChI=1S/C13H20N2O2/c1-3-9(2)12-13(17)15(8-11(16)14-12)10-6-4-5-7-10/h4-5,9-10,12H,3,6-8H2,1-2H3,(H,14,16). The lowest BCUT2D eigenvalue weighted by Gasteiger charge is -2.38. The predicted octanol–water partition coefficient (Wildman–Crippen LogP) is 1.08. The number of amides is 2. The molecule has 2 aliphatic rings. The summed E-state index contributed by atoms with van der Waals surface area (Å²) in [6.45, 7) is 4.28. The minimum Gasteiger partial charge on any atom is -0.342 e. The third kappa shape index (κ3) is 2.35. The lowest BCUT2D eigenvalue weighted by atomic mass is 9.95. The van der Waals surface area contributed by atoms with E-state index in [1.165, 1.54) is 0 Å². The molecule has 0 aromatic carbocycles. The molecule has 0 aromatic rings. The maximum atomic E-state index is 12.3. The molecule has 0 saturated carbocycles. The van der Waals surface area contributed by atoms with Gasteiger partial charge >= 0.3 is 0 Å². The molecule has 2 atom stereocenters. The molecule has 2 amide bonds. The monoisotopic (exact) mass is 236 g/mol. The van der Waals surface area contributed by atoms with Gasteiger partial charge < -0.3 is 10.2 Å². The summed E-state index contributed by atoms with van der Waals surface area (Å²) in [5, 5.41) is 2.82. The van der Waals surface area contributed by atoms with E-state index in [9.17, 15) is 9.59 Å². The molecule has 0 bridgehead atoms. The molecule has 0 spiro atoms. The van der Waals surface area contributed by atoms with Crippen LogP contribution in [-0.4, -0.2) is 35.3 Å². The van der Waals surface area contributed by atoms with E-state index in [-0.39, 0.29) is 36.4 Å². The quantitative estimate of drug-likeness (QED) is 0.745. The smallest absolute Gasteiger partial charge is 0.246 e. The molecule has 1 aliphatic carbocycles. The van der Waals surface area contributed by atoms with E-state index in [1.807, 2.05) is 13.8 Å².